The summed E-state index contributed by atoms with van der Waals surface area (Å²) < 4.78 is 26.5. The fourth-order valence-electron chi connectivity index (χ4n) is 3.75. The first-order valence-electron chi connectivity index (χ1n) is 11.1. The molecule has 1 atom stereocenters. The van der Waals surface area contributed by atoms with Crippen molar-refractivity contribution in [3.8, 4) is 0 Å². The zero-order valence-corrected chi connectivity index (χ0v) is 21.1. The van der Waals surface area contributed by atoms with Crippen molar-refractivity contribution in [3.63, 3.8) is 0 Å². The molecule has 0 saturated carbocycles. The number of sulfonamides is 1. The van der Waals surface area contributed by atoms with Crippen LogP contribution in [-0.4, -0.2) is 56.6 Å². The molecule has 0 aliphatic rings. The summed E-state index contributed by atoms with van der Waals surface area (Å²) in [6.45, 7) is 8.93. The monoisotopic (exact) mass is 473 g/mol. The third-order valence-corrected chi connectivity index (χ3v) is 6.56. The molecule has 0 unspecified atom stereocenters. The Hall–Kier alpha value is -2.87. The van der Waals surface area contributed by atoms with Crippen LogP contribution in [0.15, 0.2) is 48.5 Å². The average molecular weight is 474 g/mol. The number of aryl methyl sites for hydroxylation is 2. The molecular formula is C25H35N3O4S. The smallest absolute Gasteiger partial charge is 0.244 e. The molecule has 0 spiro atoms. The Morgan fingerprint density at radius 1 is 0.939 bits per heavy atom. The molecule has 0 aromatic heterocycles. The van der Waals surface area contributed by atoms with E-state index in [-0.39, 0.29) is 18.5 Å². The van der Waals surface area contributed by atoms with Crippen molar-refractivity contribution in [2.45, 2.75) is 53.1 Å². The van der Waals surface area contributed by atoms with Crippen LogP contribution in [0.4, 0.5) is 5.69 Å². The van der Waals surface area contributed by atoms with E-state index < -0.39 is 22.0 Å². The molecule has 1 N–H and O–H groups in total. The van der Waals surface area contributed by atoms with Gasteiger partial charge in [0, 0.05) is 12.6 Å². The van der Waals surface area contributed by atoms with Gasteiger partial charge in [0.05, 0.1) is 11.9 Å². The Morgan fingerprint density at radius 3 is 2.03 bits per heavy atom. The summed E-state index contributed by atoms with van der Waals surface area (Å²) in [6.07, 6.45) is 1.64. The zero-order chi connectivity index (χ0) is 24.8. The number of carbonyl (C=O) groups is 2. The van der Waals surface area contributed by atoms with E-state index in [1.54, 1.807) is 6.92 Å². The van der Waals surface area contributed by atoms with E-state index in [1.807, 2.05) is 76.2 Å². The number of nitrogens with one attached hydrogen (secondary N) is 1. The molecule has 0 fully saturated rings. The first kappa shape index (κ1) is 26.4. The lowest BCUT2D eigenvalue weighted by Gasteiger charge is -2.32. The first-order chi connectivity index (χ1) is 15.4. The van der Waals surface area contributed by atoms with Gasteiger partial charge in [0.15, 0.2) is 0 Å². The van der Waals surface area contributed by atoms with Gasteiger partial charge in [-0.2, -0.15) is 0 Å². The van der Waals surface area contributed by atoms with E-state index >= 15 is 0 Å². The molecule has 0 aliphatic carbocycles. The summed E-state index contributed by atoms with van der Waals surface area (Å²) in [4.78, 5) is 27.7. The maximum absolute atomic E-state index is 13.5. The van der Waals surface area contributed by atoms with Crippen molar-refractivity contribution in [3.05, 3.63) is 65.2 Å². The second kappa shape index (κ2) is 11.3. The van der Waals surface area contributed by atoms with Gasteiger partial charge in [-0.25, -0.2) is 8.42 Å². The Labute approximate surface area is 197 Å². The Kier molecular flexibility index (Phi) is 9.05. The molecule has 2 aromatic carbocycles. The van der Waals surface area contributed by atoms with Crippen molar-refractivity contribution in [2.75, 3.05) is 23.7 Å². The number of carbonyl (C=O) groups excluding carboxylic acids is 2. The number of hydrogen-bond acceptors (Lipinski definition) is 4. The summed E-state index contributed by atoms with van der Waals surface area (Å²) in [5, 5.41) is 2.84. The summed E-state index contributed by atoms with van der Waals surface area (Å²) in [5.41, 5.74) is 3.04. The highest BCUT2D eigenvalue weighted by atomic mass is 32.2. The summed E-state index contributed by atoms with van der Waals surface area (Å²) in [5.74, 6) is -0.699. The van der Waals surface area contributed by atoms with E-state index in [0.717, 1.165) is 27.3 Å². The van der Waals surface area contributed by atoms with Gasteiger partial charge in [0.1, 0.15) is 12.6 Å². The zero-order valence-electron chi connectivity index (χ0n) is 20.3. The van der Waals surface area contributed by atoms with Crippen LogP contribution < -0.4 is 9.62 Å². The predicted molar refractivity (Wildman–Crippen MR) is 133 cm³/mol. The fourth-order valence-corrected chi connectivity index (χ4v) is 4.71. The minimum Gasteiger partial charge on any atom is -0.352 e. The molecule has 0 saturated heterocycles. The van der Waals surface area contributed by atoms with Gasteiger partial charge in [0.25, 0.3) is 0 Å². The average Bonchev–Trinajstić information content (AvgIpc) is 2.72. The third kappa shape index (κ3) is 7.32. The largest absolute Gasteiger partial charge is 0.352 e. The van der Waals surface area contributed by atoms with Crippen molar-refractivity contribution in [1.82, 2.24) is 10.2 Å². The van der Waals surface area contributed by atoms with Gasteiger partial charge in [-0.3, -0.25) is 13.9 Å². The van der Waals surface area contributed by atoms with Gasteiger partial charge < -0.3 is 10.2 Å². The molecule has 0 aliphatic heterocycles. The van der Waals surface area contributed by atoms with Gasteiger partial charge in [0.2, 0.25) is 21.8 Å². The Morgan fingerprint density at radius 2 is 1.52 bits per heavy atom. The van der Waals surface area contributed by atoms with E-state index in [0.29, 0.717) is 18.7 Å². The summed E-state index contributed by atoms with van der Waals surface area (Å²) in [6, 6.07) is 14.3. The van der Waals surface area contributed by atoms with Gasteiger partial charge in [-0.05, 0) is 57.7 Å². The summed E-state index contributed by atoms with van der Waals surface area (Å²) >= 11 is 0. The van der Waals surface area contributed by atoms with Gasteiger partial charge >= 0.3 is 0 Å². The van der Waals surface area contributed by atoms with Crippen molar-refractivity contribution in [2.24, 2.45) is 0 Å². The predicted octanol–water partition coefficient (Wildman–Crippen LogP) is 3.05. The van der Waals surface area contributed by atoms with Crippen LogP contribution >= 0.6 is 0 Å². The van der Waals surface area contributed by atoms with Crippen LogP contribution in [-0.2, 0) is 26.0 Å². The molecule has 2 aromatic rings. The van der Waals surface area contributed by atoms with Crippen LogP contribution in [0.3, 0.4) is 0 Å². The molecule has 0 radical (unpaired) electrons. The van der Waals surface area contributed by atoms with Crippen LogP contribution in [0.25, 0.3) is 0 Å². The molecule has 2 amide bonds. The Balaban J connectivity index is 2.37. The standard InChI is InChI=1S/C25H35N3O4S/c1-18(2)26-25(30)21(5)27(16-15-22-13-8-7-9-14-22)23(29)17-28(33(6,31)32)24-19(3)11-10-12-20(24)4/h7-14,18,21H,15-17H2,1-6H3,(H,26,30)/t21-/m1/s1. The third-order valence-electron chi connectivity index (χ3n) is 5.45. The Bertz CT molecular complexity index is 1050. The normalized spacial score (nSPS) is 12.3. The minimum absolute atomic E-state index is 0.0758. The van der Waals surface area contributed by atoms with Gasteiger partial charge in [-0.15, -0.1) is 0 Å². The maximum Gasteiger partial charge on any atom is 0.244 e. The summed E-state index contributed by atoms with van der Waals surface area (Å²) in [7, 11) is -3.74. The lowest BCUT2D eigenvalue weighted by atomic mass is 10.1. The van der Waals surface area contributed by atoms with Crippen LogP contribution in [0.1, 0.15) is 37.5 Å². The lowest BCUT2D eigenvalue weighted by molar-refractivity contribution is -0.139. The number of para-hydroxylation sites is 1. The molecule has 0 bridgehead atoms. The quantitative estimate of drug-likeness (QED) is 0.575. The van der Waals surface area contributed by atoms with Crippen LogP contribution in [0.5, 0.6) is 0 Å². The molecule has 0 heterocycles. The van der Waals surface area contributed by atoms with E-state index in [1.165, 1.54) is 4.90 Å². The number of anilines is 1. The van der Waals surface area contributed by atoms with E-state index in [4.69, 9.17) is 0 Å². The number of rotatable bonds is 10. The van der Waals surface area contributed by atoms with Crippen molar-refractivity contribution >= 4 is 27.5 Å². The molecule has 33 heavy (non-hydrogen) atoms. The number of nitrogens with zero attached hydrogens (tertiary/aromatic N) is 2. The SMILES string of the molecule is Cc1cccc(C)c1N(CC(=O)N(CCc1ccccc1)[C@H](C)C(=O)NC(C)C)S(C)(=O)=O. The van der Waals surface area contributed by atoms with E-state index in [9.17, 15) is 18.0 Å². The molecule has 180 valence electrons. The highest BCUT2D eigenvalue weighted by Gasteiger charge is 2.30. The highest BCUT2D eigenvalue weighted by Crippen LogP contribution is 2.27. The molecule has 8 heteroatoms. The van der Waals surface area contributed by atoms with Crippen molar-refractivity contribution in [1.29, 1.82) is 0 Å². The number of benzene rings is 2. The van der Waals surface area contributed by atoms with E-state index in [2.05, 4.69) is 5.32 Å². The number of amides is 2. The molecular weight excluding hydrogens is 438 g/mol. The highest BCUT2D eigenvalue weighted by molar-refractivity contribution is 7.92. The van der Waals surface area contributed by atoms with Gasteiger partial charge in [-0.1, -0.05) is 48.5 Å². The molecule has 2 rings (SSSR count). The van der Waals surface area contributed by atoms with Crippen molar-refractivity contribution < 1.29 is 18.0 Å². The number of hydrogen-bond donors (Lipinski definition) is 1. The maximum atomic E-state index is 13.5. The second-order valence-corrected chi connectivity index (χ2v) is 10.6. The first-order valence-corrected chi connectivity index (χ1v) is 12.9. The second-order valence-electron chi connectivity index (χ2n) is 8.67. The van der Waals surface area contributed by atoms with Crippen LogP contribution in [0.2, 0.25) is 0 Å². The topological polar surface area (TPSA) is 86.8 Å². The fraction of sp³-hybridized carbons (Fsp3) is 0.440. The lowest BCUT2D eigenvalue weighted by Crippen LogP contribution is -2.53. The minimum atomic E-state index is -3.74. The molecule has 7 nitrogen and oxygen atoms in total. The van der Waals surface area contributed by atoms with Crippen LogP contribution in [0, 0.1) is 13.8 Å².